The Bertz CT molecular complexity index is 381. The molecule has 0 saturated heterocycles. The maximum atomic E-state index is 11.3. The number of ether oxygens (including phenoxy) is 1. The normalized spacial score (nSPS) is 13.0. The van der Waals surface area contributed by atoms with Crippen molar-refractivity contribution in [3.8, 4) is 0 Å². The van der Waals surface area contributed by atoms with Crippen molar-refractivity contribution in [3.63, 3.8) is 0 Å². The minimum Gasteiger partial charge on any atom is -0.480 e. The number of sulfone groups is 1. The third-order valence-corrected chi connectivity index (χ3v) is 3.41. The van der Waals surface area contributed by atoms with Gasteiger partial charge in [0.25, 0.3) is 9.84 Å². The van der Waals surface area contributed by atoms with Crippen LogP contribution in [0.1, 0.15) is 19.3 Å². The SMILES string of the molecule is COC(=O)S(=O)(=O)CNC(CCCCN)C(=O)O. The summed E-state index contributed by atoms with van der Waals surface area (Å²) in [6.07, 6.45) is 1.44. The number of methoxy groups -OCH3 is 1. The van der Waals surface area contributed by atoms with Gasteiger partial charge in [0.2, 0.25) is 0 Å². The number of nitrogens with two attached hydrogens (primary N) is 1. The lowest BCUT2D eigenvalue weighted by atomic mass is 10.1. The smallest absolute Gasteiger partial charge is 0.425 e. The molecule has 0 aromatic rings. The van der Waals surface area contributed by atoms with Crippen LogP contribution in [0.2, 0.25) is 0 Å². The molecule has 18 heavy (non-hydrogen) atoms. The van der Waals surface area contributed by atoms with Crippen molar-refractivity contribution >= 4 is 21.1 Å². The summed E-state index contributed by atoms with van der Waals surface area (Å²) in [4.78, 5) is 21.7. The monoisotopic (exact) mass is 282 g/mol. The average molecular weight is 282 g/mol. The molecule has 0 aromatic heterocycles. The van der Waals surface area contributed by atoms with E-state index >= 15 is 0 Å². The Labute approximate surface area is 105 Å². The Morgan fingerprint density at radius 2 is 2.00 bits per heavy atom. The molecule has 106 valence electrons. The molecule has 0 aromatic carbocycles. The van der Waals surface area contributed by atoms with Crippen LogP contribution in [0.4, 0.5) is 4.79 Å². The molecule has 0 fully saturated rings. The van der Waals surface area contributed by atoms with Gasteiger partial charge in [-0.05, 0) is 19.4 Å². The summed E-state index contributed by atoms with van der Waals surface area (Å²) in [5.74, 6) is -1.94. The molecule has 0 aliphatic carbocycles. The largest absolute Gasteiger partial charge is 0.480 e. The number of aliphatic carboxylic acids is 1. The van der Waals surface area contributed by atoms with Crippen molar-refractivity contribution < 1.29 is 27.9 Å². The summed E-state index contributed by atoms with van der Waals surface area (Å²) in [5.41, 5.74) is 5.27. The molecule has 9 heteroatoms. The Hall–Kier alpha value is -1.19. The van der Waals surface area contributed by atoms with Gasteiger partial charge in [-0.25, -0.2) is 13.2 Å². The molecule has 0 aliphatic rings. The maximum Gasteiger partial charge on any atom is 0.425 e. The Balaban J connectivity index is 4.35. The molecule has 0 saturated carbocycles. The van der Waals surface area contributed by atoms with E-state index < -0.39 is 33.0 Å². The van der Waals surface area contributed by atoms with Crippen LogP contribution in [0.5, 0.6) is 0 Å². The maximum absolute atomic E-state index is 11.3. The fourth-order valence-electron chi connectivity index (χ4n) is 1.20. The van der Waals surface area contributed by atoms with Gasteiger partial charge in [-0.1, -0.05) is 6.42 Å². The first-order valence-electron chi connectivity index (χ1n) is 5.32. The summed E-state index contributed by atoms with van der Waals surface area (Å²) in [6.45, 7) is 0.437. The predicted octanol–water partition coefficient (Wildman–Crippen LogP) is -0.703. The molecule has 8 nitrogen and oxygen atoms in total. The highest BCUT2D eigenvalue weighted by Gasteiger charge is 2.26. The van der Waals surface area contributed by atoms with E-state index in [1.807, 2.05) is 0 Å². The molecule has 0 radical (unpaired) electrons. The number of rotatable bonds is 8. The molecule has 0 aliphatic heterocycles. The van der Waals surface area contributed by atoms with E-state index in [0.717, 1.165) is 7.11 Å². The van der Waals surface area contributed by atoms with Crippen molar-refractivity contribution in [1.29, 1.82) is 0 Å². The summed E-state index contributed by atoms with van der Waals surface area (Å²) in [5, 5.41) is 9.78. The topological polar surface area (TPSA) is 136 Å². The number of nitrogens with one attached hydrogen (secondary N) is 1. The Morgan fingerprint density at radius 3 is 2.44 bits per heavy atom. The fraction of sp³-hybridized carbons (Fsp3) is 0.778. The van der Waals surface area contributed by atoms with Gasteiger partial charge in [-0.2, -0.15) is 0 Å². The van der Waals surface area contributed by atoms with Gasteiger partial charge in [-0.3, -0.25) is 10.1 Å². The molecule has 1 unspecified atom stereocenters. The number of carbonyl (C=O) groups is 2. The second kappa shape index (κ2) is 8.01. The van der Waals surface area contributed by atoms with Crippen molar-refractivity contribution in [2.45, 2.75) is 25.3 Å². The minimum atomic E-state index is -4.13. The Morgan fingerprint density at radius 1 is 1.39 bits per heavy atom. The van der Waals surface area contributed by atoms with Crippen molar-refractivity contribution in [3.05, 3.63) is 0 Å². The van der Waals surface area contributed by atoms with E-state index in [0.29, 0.717) is 19.4 Å². The van der Waals surface area contributed by atoms with Crippen LogP contribution in [0.3, 0.4) is 0 Å². The van der Waals surface area contributed by atoms with Crippen LogP contribution in [-0.4, -0.2) is 50.4 Å². The second-order valence-corrected chi connectivity index (χ2v) is 5.44. The molecule has 0 heterocycles. The standard InChI is InChI=1S/C9H18N2O6S/c1-17-9(14)18(15,16)6-11-7(8(12)13)4-2-3-5-10/h7,11H,2-6,10H2,1H3,(H,12,13). The van der Waals surface area contributed by atoms with Gasteiger partial charge in [-0.15, -0.1) is 0 Å². The van der Waals surface area contributed by atoms with Crippen molar-refractivity contribution in [2.75, 3.05) is 19.5 Å². The van der Waals surface area contributed by atoms with E-state index in [1.54, 1.807) is 0 Å². The van der Waals surface area contributed by atoms with Crippen LogP contribution < -0.4 is 11.1 Å². The van der Waals surface area contributed by atoms with Crippen LogP contribution >= 0.6 is 0 Å². The molecule has 0 spiro atoms. The number of carboxylic acids is 1. The zero-order chi connectivity index (χ0) is 14.2. The van der Waals surface area contributed by atoms with Gasteiger partial charge >= 0.3 is 11.3 Å². The molecule has 0 amide bonds. The number of carbonyl (C=O) groups excluding carboxylic acids is 1. The quantitative estimate of drug-likeness (QED) is 0.392. The lowest BCUT2D eigenvalue weighted by Crippen LogP contribution is -2.41. The summed E-state index contributed by atoms with van der Waals surface area (Å²) in [6, 6.07) is -1.03. The lowest BCUT2D eigenvalue weighted by Gasteiger charge is -2.13. The molecule has 1 atom stereocenters. The molecule has 0 bridgehead atoms. The number of carboxylic acid groups (broad SMARTS) is 1. The fourth-order valence-corrected chi connectivity index (χ4v) is 1.99. The van der Waals surface area contributed by atoms with Crippen LogP contribution in [0.25, 0.3) is 0 Å². The van der Waals surface area contributed by atoms with Gasteiger partial charge in [0.15, 0.2) is 0 Å². The molecular formula is C9H18N2O6S. The summed E-state index contributed by atoms with van der Waals surface area (Å²) in [7, 11) is -3.19. The highest BCUT2D eigenvalue weighted by atomic mass is 32.2. The number of unbranched alkanes of at least 4 members (excludes halogenated alkanes) is 1. The van der Waals surface area contributed by atoms with Crippen LogP contribution in [0.15, 0.2) is 0 Å². The van der Waals surface area contributed by atoms with Crippen LogP contribution in [-0.2, 0) is 19.4 Å². The second-order valence-electron chi connectivity index (χ2n) is 3.59. The third-order valence-electron chi connectivity index (χ3n) is 2.19. The van der Waals surface area contributed by atoms with E-state index in [4.69, 9.17) is 10.8 Å². The first kappa shape index (κ1) is 16.8. The van der Waals surface area contributed by atoms with E-state index in [-0.39, 0.29) is 6.42 Å². The summed E-state index contributed by atoms with van der Waals surface area (Å²) >= 11 is 0. The first-order valence-corrected chi connectivity index (χ1v) is 6.97. The molecule has 0 rings (SSSR count). The van der Waals surface area contributed by atoms with Crippen molar-refractivity contribution in [2.24, 2.45) is 5.73 Å². The first-order chi connectivity index (χ1) is 8.35. The van der Waals surface area contributed by atoms with Gasteiger partial charge in [0.05, 0.1) is 7.11 Å². The van der Waals surface area contributed by atoms with Crippen LogP contribution in [0, 0.1) is 0 Å². The van der Waals surface area contributed by atoms with Crippen molar-refractivity contribution in [1.82, 2.24) is 5.32 Å². The highest BCUT2D eigenvalue weighted by Crippen LogP contribution is 2.02. The molecule has 4 N–H and O–H groups in total. The number of hydrogen-bond acceptors (Lipinski definition) is 7. The summed E-state index contributed by atoms with van der Waals surface area (Å²) < 4.78 is 26.6. The van der Waals surface area contributed by atoms with Gasteiger partial charge < -0.3 is 15.6 Å². The third kappa shape index (κ3) is 5.94. The number of hydrogen-bond donors (Lipinski definition) is 3. The zero-order valence-corrected chi connectivity index (χ0v) is 10.9. The van der Waals surface area contributed by atoms with Gasteiger partial charge in [0.1, 0.15) is 11.9 Å². The Kier molecular flexibility index (Phi) is 7.48. The zero-order valence-electron chi connectivity index (χ0n) is 10.1. The van der Waals surface area contributed by atoms with E-state index in [2.05, 4.69) is 10.1 Å². The van der Waals surface area contributed by atoms with E-state index in [1.165, 1.54) is 0 Å². The average Bonchev–Trinajstić information content (AvgIpc) is 2.31. The lowest BCUT2D eigenvalue weighted by molar-refractivity contribution is -0.139. The van der Waals surface area contributed by atoms with E-state index in [9.17, 15) is 18.0 Å². The van der Waals surface area contributed by atoms with Gasteiger partial charge in [0, 0.05) is 0 Å². The highest BCUT2D eigenvalue weighted by molar-refractivity contribution is 8.05. The predicted molar refractivity (Wildman–Crippen MR) is 63.7 cm³/mol. The minimum absolute atomic E-state index is 0.239. The molecular weight excluding hydrogens is 264 g/mol.